The molecule has 43 heavy (non-hydrogen) atoms. The van der Waals surface area contributed by atoms with Crippen LogP contribution in [0.2, 0.25) is 0 Å². The topological polar surface area (TPSA) is 55.4 Å². The molecule has 0 bridgehead atoms. The Labute approximate surface area is 263 Å². The zero-order valence-corrected chi connectivity index (χ0v) is 30.3. The first kappa shape index (κ1) is 34.6. The maximum Gasteiger partial charge on any atom is 0.397 e. The summed E-state index contributed by atoms with van der Waals surface area (Å²) in [7, 11) is -3.07. The minimum Gasteiger partial charge on any atom is -0.426 e. The van der Waals surface area contributed by atoms with Gasteiger partial charge in [-0.2, -0.15) is 0 Å². The Morgan fingerprint density at radius 2 is 0.977 bits per heavy atom. The van der Waals surface area contributed by atoms with Gasteiger partial charge in [0.15, 0.2) is 0 Å². The summed E-state index contributed by atoms with van der Waals surface area (Å²) in [5.74, 6) is 2.86. The second-order valence-electron chi connectivity index (χ2n) is 15.5. The molecule has 6 nitrogen and oxygen atoms in total. The summed E-state index contributed by atoms with van der Waals surface area (Å²) in [5.41, 5.74) is 6.74. The average molecular weight is 633 g/mol. The van der Waals surface area contributed by atoms with E-state index in [4.69, 9.17) is 27.1 Å². The van der Waals surface area contributed by atoms with Gasteiger partial charge in [-0.1, -0.05) is 105 Å². The summed E-state index contributed by atoms with van der Waals surface area (Å²) in [4.78, 5) is 0. The van der Waals surface area contributed by atoms with Crippen LogP contribution in [0.15, 0.2) is 24.3 Å². The van der Waals surface area contributed by atoms with Crippen molar-refractivity contribution in [3.8, 4) is 11.5 Å². The molecular formula is C35H54O6P2. The molecule has 2 heterocycles. The highest BCUT2D eigenvalue weighted by molar-refractivity contribution is 7.42. The van der Waals surface area contributed by atoms with Crippen molar-refractivity contribution in [2.24, 2.45) is 17.3 Å². The first-order valence-electron chi connectivity index (χ1n) is 15.7. The summed E-state index contributed by atoms with van der Waals surface area (Å²) >= 11 is 0. The molecule has 240 valence electrons. The van der Waals surface area contributed by atoms with Crippen molar-refractivity contribution in [3.63, 3.8) is 0 Å². The van der Waals surface area contributed by atoms with Gasteiger partial charge in [-0.25, -0.2) is 0 Å². The molecule has 0 saturated carbocycles. The predicted octanol–water partition coefficient (Wildman–Crippen LogP) is 10.3. The number of rotatable bonds is 8. The smallest absolute Gasteiger partial charge is 0.397 e. The fraction of sp³-hybridized carbons (Fsp3) is 0.657. The lowest BCUT2D eigenvalue weighted by Crippen LogP contribution is -2.45. The molecule has 0 amide bonds. The van der Waals surface area contributed by atoms with E-state index in [2.05, 4.69) is 107 Å². The van der Waals surface area contributed by atoms with Crippen LogP contribution in [0, 0.1) is 31.1 Å². The zero-order valence-electron chi connectivity index (χ0n) is 28.6. The molecule has 0 radical (unpaired) electrons. The molecule has 2 saturated heterocycles. The summed E-state index contributed by atoms with van der Waals surface area (Å²) in [6, 6.07) is 8.94. The third-order valence-electron chi connectivity index (χ3n) is 7.73. The second-order valence-corrected chi connectivity index (χ2v) is 17.8. The van der Waals surface area contributed by atoms with Crippen molar-refractivity contribution < 1.29 is 27.1 Å². The van der Waals surface area contributed by atoms with Gasteiger partial charge in [-0.05, 0) is 60.5 Å². The van der Waals surface area contributed by atoms with E-state index in [9.17, 15) is 0 Å². The zero-order chi connectivity index (χ0) is 31.7. The first-order valence-corrected chi connectivity index (χ1v) is 17.9. The number of aryl methyl sites for hydroxylation is 2. The van der Waals surface area contributed by atoms with Crippen LogP contribution in [-0.4, -0.2) is 26.4 Å². The largest absolute Gasteiger partial charge is 0.426 e. The summed E-state index contributed by atoms with van der Waals surface area (Å²) in [5, 5.41) is 0. The normalized spacial score (nSPS) is 23.3. The third-order valence-corrected chi connectivity index (χ3v) is 9.75. The average Bonchev–Trinajstić information content (AvgIpc) is 2.87. The Balaban J connectivity index is 1.43. The third kappa shape index (κ3) is 8.93. The van der Waals surface area contributed by atoms with E-state index in [0.717, 1.165) is 24.3 Å². The molecule has 2 aliphatic heterocycles. The van der Waals surface area contributed by atoms with Crippen LogP contribution in [-0.2, 0) is 41.8 Å². The lowest BCUT2D eigenvalue weighted by Gasteiger charge is -2.42. The Kier molecular flexibility index (Phi) is 11.0. The Hall–Kier alpha value is -1.26. The maximum absolute atomic E-state index is 6.58. The quantitative estimate of drug-likeness (QED) is 0.270. The maximum atomic E-state index is 6.58. The van der Waals surface area contributed by atoms with E-state index in [0.29, 0.717) is 38.3 Å². The fourth-order valence-corrected chi connectivity index (χ4v) is 8.16. The molecule has 2 fully saturated rings. The van der Waals surface area contributed by atoms with Crippen molar-refractivity contribution >= 4 is 17.2 Å². The monoisotopic (exact) mass is 632 g/mol. The lowest BCUT2D eigenvalue weighted by atomic mass is 9.78. The van der Waals surface area contributed by atoms with Crippen molar-refractivity contribution in [2.45, 2.75) is 107 Å². The van der Waals surface area contributed by atoms with Gasteiger partial charge in [-0.15, -0.1) is 0 Å². The van der Waals surface area contributed by atoms with Gasteiger partial charge in [0.25, 0.3) is 0 Å². The molecule has 4 rings (SSSR count). The van der Waals surface area contributed by atoms with E-state index in [-0.39, 0.29) is 16.2 Å². The lowest BCUT2D eigenvalue weighted by molar-refractivity contribution is -0.0674. The van der Waals surface area contributed by atoms with E-state index in [1.165, 1.54) is 33.4 Å². The van der Waals surface area contributed by atoms with Crippen LogP contribution in [0.5, 0.6) is 11.5 Å². The molecule has 0 atom stereocenters. The summed E-state index contributed by atoms with van der Waals surface area (Å²) in [6.07, 6.45) is 1.91. The van der Waals surface area contributed by atoms with E-state index in [1.54, 1.807) is 0 Å². The van der Waals surface area contributed by atoms with E-state index >= 15 is 0 Å². The summed E-state index contributed by atoms with van der Waals surface area (Å²) < 4.78 is 38.1. The molecule has 0 aliphatic carbocycles. The van der Waals surface area contributed by atoms with Gasteiger partial charge >= 0.3 is 17.2 Å². The Morgan fingerprint density at radius 3 is 1.33 bits per heavy atom. The molecule has 2 aromatic rings. The summed E-state index contributed by atoms with van der Waals surface area (Å²) in [6.45, 7) is 28.4. The minimum absolute atomic E-state index is 0.0859. The highest BCUT2D eigenvalue weighted by Crippen LogP contribution is 2.55. The highest BCUT2D eigenvalue weighted by atomic mass is 31.2. The SMILES string of the molecule is Cc1cc(CC(C)C)c(OP2OCC3(CO2)COP(Oc2c(C(C)(C)C)cc(C)cc2C(C)(C)C)OC3)c(CC(C)C)c1. The molecule has 1 spiro atoms. The molecule has 0 N–H and O–H groups in total. The molecule has 2 aliphatic rings. The number of hydrogen-bond donors (Lipinski definition) is 0. The van der Waals surface area contributed by atoms with Crippen molar-refractivity contribution in [1.29, 1.82) is 0 Å². The first-order chi connectivity index (χ1) is 20.0. The van der Waals surface area contributed by atoms with Gasteiger partial charge in [0.1, 0.15) is 11.5 Å². The fourth-order valence-electron chi connectivity index (χ4n) is 5.55. The van der Waals surface area contributed by atoms with Gasteiger partial charge < -0.3 is 27.1 Å². The van der Waals surface area contributed by atoms with Crippen LogP contribution < -0.4 is 9.05 Å². The highest BCUT2D eigenvalue weighted by Gasteiger charge is 2.45. The van der Waals surface area contributed by atoms with E-state index in [1.807, 2.05) is 0 Å². The van der Waals surface area contributed by atoms with Crippen molar-refractivity contribution in [3.05, 3.63) is 57.6 Å². The minimum atomic E-state index is -1.55. The van der Waals surface area contributed by atoms with Gasteiger partial charge in [0.05, 0.1) is 31.8 Å². The standard InChI is InChI=1S/C35H54O6P2/c1-23(2)13-27-15-25(5)16-28(14-24(3)4)31(27)40-42-36-19-35(20-37-42)21-38-43(39-22-35)41-32-29(33(7,8)9)17-26(6)18-30(32)34(10,11)12/h15-18,23-24H,13-14,19-22H2,1-12H3. The van der Waals surface area contributed by atoms with Crippen molar-refractivity contribution in [2.75, 3.05) is 26.4 Å². The molecule has 0 aromatic heterocycles. The van der Waals surface area contributed by atoms with Crippen LogP contribution in [0.4, 0.5) is 0 Å². The Morgan fingerprint density at radius 1 is 0.628 bits per heavy atom. The number of benzene rings is 2. The van der Waals surface area contributed by atoms with Gasteiger partial charge in [0.2, 0.25) is 0 Å². The van der Waals surface area contributed by atoms with Crippen LogP contribution in [0.25, 0.3) is 0 Å². The predicted molar refractivity (Wildman–Crippen MR) is 178 cm³/mol. The molecule has 0 unspecified atom stereocenters. The van der Waals surface area contributed by atoms with E-state index < -0.39 is 17.2 Å². The van der Waals surface area contributed by atoms with Crippen LogP contribution in [0.1, 0.15) is 103 Å². The molecule has 8 heteroatoms. The van der Waals surface area contributed by atoms with Crippen molar-refractivity contribution in [1.82, 2.24) is 0 Å². The Bertz CT molecular complexity index is 1180. The molecule has 2 aromatic carbocycles. The number of hydrogen-bond acceptors (Lipinski definition) is 6. The second kappa shape index (κ2) is 13.6. The molecular weight excluding hydrogens is 578 g/mol. The van der Waals surface area contributed by atoms with Gasteiger partial charge in [-0.3, -0.25) is 0 Å². The van der Waals surface area contributed by atoms with Crippen LogP contribution >= 0.6 is 17.2 Å². The van der Waals surface area contributed by atoms with Gasteiger partial charge in [0, 0.05) is 11.1 Å². The van der Waals surface area contributed by atoms with Crippen LogP contribution in [0.3, 0.4) is 0 Å².